The minimum Gasteiger partial charge on any atom is -0.495 e. The number of hydrogen-bond acceptors (Lipinski definition) is 9. The number of rotatable bonds is 8. The number of carbonyl (C=O) groups excluding carboxylic acids is 2. The summed E-state index contributed by atoms with van der Waals surface area (Å²) >= 11 is 13.1. The fourth-order valence-electron chi connectivity index (χ4n) is 4.22. The molecule has 0 spiro atoms. The van der Waals surface area contributed by atoms with Gasteiger partial charge in [0.15, 0.2) is 0 Å². The number of halogens is 2. The SMILES string of the molecule is C=CC(O)NC1CC(=O)NCC1Nc1ncc2c(n1)N(C)C(=O)N(c1c(Cl)c(OC)cc(OC)c1Cl)C2. The highest BCUT2D eigenvalue weighted by molar-refractivity contribution is 6.42. The molecule has 12 nitrogen and oxygen atoms in total. The minimum atomic E-state index is -0.978. The van der Waals surface area contributed by atoms with Crippen molar-refractivity contribution in [2.75, 3.05) is 42.9 Å². The third-order valence-electron chi connectivity index (χ3n) is 6.16. The number of hydrogen-bond donors (Lipinski definition) is 4. The zero-order valence-corrected chi connectivity index (χ0v) is 21.9. The summed E-state index contributed by atoms with van der Waals surface area (Å²) in [6.45, 7) is 3.94. The maximum absolute atomic E-state index is 13.4. The average Bonchev–Trinajstić information content (AvgIpc) is 2.89. The Morgan fingerprint density at radius 2 is 1.92 bits per heavy atom. The Kier molecular flexibility index (Phi) is 7.93. The van der Waals surface area contributed by atoms with Crippen LogP contribution in [0.3, 0.4) is 0 Å². The molecule has 37 heavy (non-hydrogen) atoms. The van der Waals surface area contributed by atoms with Crippen LogP contribution in [0.1, 0.15) is 12.0 Å². The maximum Gasteiger partial charge on any atom is 0.330 e. The molecule has 1 saturated heterocycles. The molecule has 198 valence electrons. The summed E-state index contributed by atoms with van der Waals surface area (Å²) in [4.78, 5) is 37.0. The molecule has 0 aliphatic carbocycles. The van der Waals surface area contributed by atoms with Gasteiger partial charge in [0.2, 0.25) is 11.9 Å². The molecule has 3 heterocycles. The summed E-state index contributed by atoms with van der Waals surface area (Å²) in [6.07, 6.45) is 2.10. The van der Waals surface area contributed by atoms with Crippen LogP contribution in [0.4, 0.5) is 22.2 Å². The van der Waals surface area contributed by atoms with Crippen LogP contribution < -0.4 is 35.2 Å². The molecule has 0 bridgehead atoms. The van der Waals surface area contributed by atoms with Gasteiger partial charge in [-0.3, -0.25) is 19.9 Å². The zero-order valence-electron chi connectivity index (χ0n) is 20.4. The average molecular weight is 552 g/mol. The largest absolute Gasteiger partial charge is 0.495 e. The van der Waals surface area contributed by atoms with Gasteiger partial charge < -0.3 is 25.2 Å². The van der Waals surface area contributed by atoms with Crippen molar-refractivity contribution < 1.29 is 24.2 Å². The first kappa shape index (κ1) is 26.7. The molecule has 0 radical (unpaired) electrons. The number of aliphatic hydroxyl groups excluding tert-OH is 1. The summed E-state index contributed by atoms with van der Waals surface area (Å²) in [5, 5.41) is 19.2. The molecule has 3 unspecified atom stereocenters. The van der Waals surface area contributed by atoms with Crippen molar-refractivity contribution in [3.63, 3.8) is 0 Å². The number of nitrogens with one attached hydrogen (secondary N) is 3. The molecule has 2 aromatic rings. The lowest BCUT2D eigenvalue weighted by atomic mass is 10.00. The molecule has 0 saturated carbocycles. The van der Waals surface area contributed by atoms with Crippen LogP contribution >= 0.6 is 23.2 Å². The van der Waals surface area contributed by atoms with E-state index in [2.05, 4.69) is 32.5 Å². The van der Waals surface area contributed by atoms with Gasteiger partial charge in [0.1, 0.15) is 33.6 Å². The molecule has 4 N–H and O–H groups in total. The van der Waals surface area contributed by atoms with E-state index in [1.807, 2.05) is 0 Å². The van der Waals surface area contributed by atoms with Crippen LogP contribution in [-0.4, -0.2) is 73.1 Å². The van der Waals surface area contributed by atoms with Crippen LogP contribution in [0.25, 0.3) is 0 Å². The van der Waals surface area contributed by atoms with Gasteiger partial charge in [0.25, 0.3) is 0 Å². The quantitative estimate of drug-likeness (QED) is 0.286. The first-order chi connectivity index (χ1) is 17.7. The second-order valence-corrected chi connectivity index (χ2v) is 9.20. The highest BCUT2D eigenvalue weighted by atomic mass is 35.5. The Labute approximate surface area is 223 Å². The van der Waals surface area contributed by atoms with Crippen LogP contribution in [-0.2, 0) is 11.3 Å². The molecule has 1 aromatic carbocycles. The van der Waals surface area contributed by atoms with Crippen molar-refractivity contribution >= 4 is 52.6 Å². The normalized spacial score (nSPS) is 20.2. The molecule has 4 rings (SSSR count). The van der Waals surface area contributed by atoms with Crippen LogP contribution in [0, 0.1) is 0 Å². The van der Waals surface area contributed by atoms with E-state index in [4.69, 9.17) is 32.7 Å². The predicted octanol–water partition coefficient (Wildman–Crippen LogP) is 2.14. The fraction of sp³-hybridized carbons (Fsp3) is 0.391. The van der Waals surface area contributed by atoms with Gasteiger partial charge in [0.05, 0.1) is 32.5 Å². The summed E-state index contributed by atoms with van der Waals surface area (Å²) in [5.41, 5.74) is 0.896. The summed E-state index contributed by atoms with van der Waals surface area (Å²) in [5.74, 6) is 1.12. The zero-order chi connectivity index (χ0) is 26.9. The standard InChI is InChI=1S/C23H27Cl2N7O5/c1-5-16(33)28-12-6-17(34)26-9-13(12)29-22-27-8-11-10-32(23(35)31(2)21(11)30-22)20-18(24)14(36-3)7-15(37-4)19(20)25/h5,7-8,12-13,16,28,33H,1,6,9-10H2,2-4H3,(H,26,34)(H,27,29,30). The van der Waals surface area contributed by atoms with Gasteiger partial charge in [-0.1, -0.05) is 29.8 Å². The van der Waals surface area contributed by atoms with Crippen LogP contribution in [0.15, 0.2) is 24.9 Å². The first-order valence-electron chi connectivity index (χ1n) is 11.3. The molecule has 1 aromatic heterocycles. The summed E-state index contributed by atoms with van der Waals surface area (Å²) in [6, 6.07) is 0.400. The molecule has 14 heteroatoms. The lowest BCUT2D eigenvalue weighted by Crippen LogP contribution is -2.58. The van der Waals surface area contributed by atoms with Gasteiger partial charge in [0, 0.05) is 43.9 Å². The Morgan fingerprint density at radius 1 is 1.24 bits per heavy atom. The first-order valence-corrected chi connectivity index (χ1v) is 12.0. The Hall–Kier alpha value is -3.32. The Bertz CT molecular complexity index is 1200. The van der Waals surface area contributed by atoms with E-state index in [-0.39, 0.29) is 53.1 Å². The number of ether oxygens (including phenoxy) is 2. The molecule has 2 aliphatic heterocycles. The van der Waals surface area contributed by atoms with E-state index in [1.54, 1.807) is 19.3 Å². The molecule has 2 aliphatic rings. The molecule has 3 amide bonds. The number of amides is 3. The predicted molar refractivity (Wildman–Crippen MR) is 140 cm³/mol. The van der Waals surface area contributed by atoms with E-state index < -0.39 is 18.3 Å². The van der Waals surface area contributed by atoms with E-state index in [0.29, 0.717) is 22.9 Å². The van der Waals surface area contributed by atoms with E-state index in [1.165, 1.54) is 30.1 Å². The third-order valence-corrected chi connectivity index (χ3v) is 6.89. The number of piperidine rings is 1. The third kappa shape index (κ3) is 5.23. The van der Waals surface area contributed by atoms with Crippen molar-refractivity contribution in [3.05, 3.63) is 40.5 Å². The highest BCUT2D eigenvalue weighted by Crippen LogP contribution is 2.47. The van der Waals surface area contributed by atoms with Crippen molar-refractivity contribution in [1.29, 1.82) is 0 Å². The van der Waals surface area contributed by atoms with Crippen molar-refractivity contribution in [2.45, 2.75) is 31.3 Å². The van der Waals surface area contributed by atoms with Gasteiger partial charge in [-0.15, -0.1) is 0 Å². The van der Waals surface area contributed by atoms with Gasteiger partial charge in [-0.25, -0.2) is 9.78 Å². The topological polar surface area (TPSA) is 141 Å². The Morgan fingerprint density at radius 3 is 2.54 bits per heavy atom. The van der Waals surface area contributed by atoms with Crippen molar-refractivity contribution in [1.82, 2.24) is 20.6 Å². The van der Waals surface area contributed by atoms with Gasteiger partial charge in [-0.2, -0.15) is 4.98 Å². The fourth-order valence-corrected chi connectivity index (χ4v) is 4.93. The number of anilines is 3. The smallest absolute Gasteiger partial charge is 0.330 e. The number of nitrogens with zero attached hydrogens (tertiary/aromatic N) is 4. The van der Waals surface area contributed by atoms with Crippen molar-refractivity contribution in [3.8, 4) is 11.5 Å². The number of aliphatic hydroxyl groups is 1. The van der Waals surface area contributed by atoms with Crippen LogP contribution in [0.2, 0.25) is 10.0 Å². The lowest BCUT2D eigenvalue weighted by molar-refractivity contribution is -0.123. The van der Waals surface area contributed by atoms with E-state index >= 15 is 0 Å². The van der Waals surface area contributed by atoms with Crippen molar-refractivity contribution in [2.24, 2.45) is 0 Å². The van der Waals surface area contributed by atoms with Gasteiger partial charge >= 0.3 is 6.03 Å². The summed E-state index contributed by atoms with van der Waals surface area (Å²) in [7, 11) is 4.49. The number of fused-ring (bicyclic) bond motifs is 1. The number of carbonyl (C=O) groups is 2. The highest BCUT2D eigenvalue weighted by Gasteiger charge is 2.36. The molecular formula is C23H27Cl2N7O5. The van der Waals surface area contributed by atoms with Crippen LogP contribution in [0.5, 0.6) is 11.5 Å². The number of urea groups is 1. The van der Waals surface area contributed by atoms with E-state index in [0.717, 1.165) is 0 Å². The minimum absolute atomic E-state index is 0.101. The van der Waals surface area contributed by atoms with E-state index in [9.17, 15) is 14.7 Å². The molecular weight excluding hydrogens is 525 g/mol. The molecule has 1 fully saturated rings. The number of benzene rings is 1. The lowest BCUT2D eigenvalue weighted by Gasteiger charge is -2.36. The maximum atomic E-state index is 13.4. The monoisotopic (exact) mass is 551 g/mol. The summed E-state index contributed by atoms with van der Waals surface area (Å²) < 4.78 is 10.7. The molecule has 3 atom stereocenters. The number of methoxy groups -OCH3 is 2. The van der Waals surface area contributed by atoms with Gasteiger partial charge in [-0.05, 0) is 6.08 Å². The second kappa shape index (κ2) is 11.0. The number of aromatic nitrogens is 2. The second-order valence-electron chi connectivity index (χ2n) is 8.44. The Balaban J connectivity index is 1.62.